The number of aliphatic carboxylic acids is 1. The highest BCUT2D eigenvalue weighted by atomic mass is 32.1. The van der Waals surface area contributed by atoms with Crippen LogP contribution in [-0.2, 0) is 9.59 Å². The van der Waals surface area contributed by atoms with E-state index in [0.717, 1.165) is 10.4 Å². The molecule has 6 nitrogen and oxygen atoms in total. The van der Waals surface area contributed by atoms with Crippen LogP contribution in [0.1, 0.15) is 53.9 Å². The summed E-state index contributed by atoms with van der Waals surface area (Å²) in [6.45, 7) is 7.95. The van der Waals surface area contributed by atoms with Crippen LogP contribution in [-0.4, -0.2) is 29.4 Å². The molecule has 1 aromatic rings. The first-order valence-electron chi connectivity index (χ1n) is 7.62. The van der Waals surface area contributed by atoms with Crippen LogP contribution in [0.3, 0.4) is 0 Å². The average molecular weight is 340 g/mol. The van der Waals surface area contributed by atoms with Gasteiger partial charge in [-0.25, -0.2) is 0 Å². The maximum Gasteiger partial charge on any atom is 0.303 e. The van der Waals surface area contributed by atoms with Gasteiger partial charge in [-0.05, 0) is 31.7 Å². The molecule has 0 spiro atoms. The van der Waals surface area contributed by atoms with Gasteiger partial charge in [0.15, 0.2) is 0 Å². The highest BCUT2D eigenvalue weighted by Crippen LogP contribution is 2.32. The van der Waals surface area contributed by atoms with Crippen molar-refractivity contribution in [1.82, 2.24) is 5.32 Å². The zero-order valence-corrected chi connectivity index (χ0v) is 14.8. The highest BCUT2D eigenvalue weighted by Gasteiger charge is 2.21. The van der Waals surface area contributed by atoms with Crippen LogP contribution in [0.5, 0.6) is 0 Å². The molecular weight excluding hydrogens is 316 g/mol. The predicted octanol–water partition coefficient (Wildman–Crippen LogP) is 2.94. The number of rotatable bonds is 8. The van der Waals surface area contributed by atoms with Gasteiger partial charge in [0.05, 0.1) is 5.56 Å². The number of carbonyl (C=O) groups is 3. The van der Waals surface area contributed by atoms with Crippen molar-refractivity contribution >= 4 is 34.1 Å². The Morgan fingerprint density at radius 2 is 1.87 bits per heavy atom. The summed E-state index contributed by atoms with van der Waals surface area (Å²) in [6.07, 6.45) is 0.786. The molecule has 0 radical (unpaired) electrons. The minimum Gasteiger partial charge on any atom is -0.481 e. The first kappa shape index (κ1) is 19.2. The molecule has 0 unspecified atom stereocenters. The minimum atomic E-state index is -0.886. The first-order valence-corrected chi connectivity index (χ1v) is 8.43. The van der Waals surface area contributed by atoms with E-state index in [-0.39, 0.29) is 24.2 Å². The molecule has 128 valence electrons. The number of hydrogen-bond donors (Lipinski definition) is 3. The Bertz CT molecular complexity index is 593. The number of hydrogen-bond acceptors (Lipinski definition) is 4. The predicted molar refractivity (Wildman–Crippen MR) is 91.1 cm³/mol. The molecule has 0 aliphatic carbocycles. The van der Waals surface area contributed by atoms with Gasteiger partial charge in [-0.1, -0.05) is 13.8 Å². The topological polar surface area (TPSA) is 95.5 Å². The van der Waals surface area contributed by atoms with Crippen LogP contribution in [0.2, 0.25) is 0 Å². The third-order valence-electron chi connectivity index (χ3n) is 3.31. The van der Waals surface area contributed by atoms with Crippen LogP contribution >= 0.6 is 11.3 Å². The fraction of sp³-hybridized carbons (Fsp3) is 0.562. The molecule has 0 aromatic carbocycles. The molecule has 0 saturated heterocycles. The Kier molecular flexibility index (Phi) is 7.22. The second-order valence-corrected chi connectivity index (χ2v) is 7.11. The van der Waals surface area contributed by atoms with Gasteiger partial charge in [0.25, 0.3) is 5.91 Å². The van der Waals surface area contributed by atoms with Crippen LogP contribution < -0.4 is 10.6 Å². The molecule has 1 rings (SSSR count). The van der Waals surface area contributed by atoms with Crippen molar-refractivity contribution < 1.29 is 19.5 Å². The van der Waals surface area contributed by atoms with Gasteiger partial charge >= 0.3 is 5.97 Å². The summed E-state index contributed by atoms with van der Waals surface area (Å²) in [5.74, 6) is -1.04. The van der Waals surface area contributed by atoms with Crippen LogP contribution in [0.15, 0.2) is 0 Å². The van der Waals surface area contributed by atoms with E-state index >= 15 is 0 Å². The fourth-order valence-corrected chi connectivity index (χ4v) is 3.14. The Labute approximate surface area is 140 Å². The van der Waals surface area contributed by atoms with E-state index in [1.807, 2.05) is 27.7 Å². The number of aryl methyl sites for hydroxylation is 1. The molecule has 23 heavy (non-hydrogen) atoms. The molecule has 0 atom stereocenters. The van der Waals surface area contributed by atoms with E-state index in [4.69, 9.17) is 5.11 Å². The van der Waals surface area contributed by atoms with Crippen molar-refractivity contribution in [3.8, 4) is 0 Å². The highest BCUT2D eigenvalue weighted by molar-refractivity contribution is 7.16. The molecule has 7 heteroatoms. The molecular formula is C16H24N2O4S. The monoisotopic (exact) mass is 340 g/mol. The van der Waals surface area contributed by atoms with E-state index in [1.54, 1.807) is 0 Å². The number of carbonyl (C=O) groups excluding carboxylic acids is 2. The normalized spacial score (nSPS) is 10.7. The van der Waals surface area contributed by atoms with E-state index in [2.05, 4.69) is 10.6 Å². The molecule has 0 fully saturated rings. The zero-order valence-electron chi connectivity index (χ0n) is 14.0. The third-order valence-corrected chi connectivity index (χ3v) is 4.43. The van der Waals surface area contributed by atoms with E-state index in [9.17, 15) is 14.4 Å². The number of nitrogens with one attached hydrogen (secondary N) is 2. The lowest BCUT2D eigenvalue weighted by atomic mass is 10.1. The number of anilines is 1. The summed E-state index contributed by atoms with van der Waals surface area (Å²) in [7, 11) is 0. The van der Waals surface area contributed by atoms with Crippen LogP contribution in [0, 0.1) is 19.8 Å². The quantitative estimate of drug-likeness (QED) is 0.634. The Morgan fingerprint density at radius 3 is 2.43 bits per heavy atom. The Morgan fingerprint density at radius 1 is 1.22 bits per heavy atom. The van der Waals surface area contributed by atoms with Gasteiger partial charge in [0.2, 0.25) is 5.91 Å². The van der Waals surface area contributed by atoms with Gasteiger partial charge in [-0.3, -0.25) is 14.4 Å². The first-order chi connectivity index (χ1) is 10.7. The lowest BCUT2D eigenvalue weighted by Crippen LogP contribution is -2.26. The zero-order chi connectivity index (χ0) is 17.6. The average Bonchev–Trinajstić information content (AvgIpc) is 2.68. The van der Waals surface area contributed by atoms with Crippen molar-refractivity contribution in [2.24, 2.45) is 5.92 Å². The summed E-state index contributed by atoms with van der Waals surface area (Å²) >= 11 is 1.38. The number of carboxylic acids is 1. The van der Waals surface area contributed by atoms with Gasteiger partial charge in [0.1, 0.15) is 5.00 Å². The molecule has 0 aliphatic heterocycles. The number of carboxylic acid groups (broad SMARTS) is 1. The maximum absolute atomic E-state index is 12.3. The maximum atomic E-state index is 12.3. The lowest BCUT2D eigenvalue weighted by molar-refractivity contribution is -0.137. The molecule has 3 N–H and O–H groups in total. The molecule has 0 saturated carbocycles. The van der Waals surface area contributed by atoms with Crippen molar-refractivity contribution in [3.05, 3.63) is 16.0 Å². The number of amides is 2. The van der Waals surface area contributed by atoms with Crippen molar-refractivity contribution in [2.45, 2.75) is 47.0 Å². The SMILES string of the molecule is Cc1sc(NC(=O)CC(C)C)c(C(=O)NCCCC(=O)O)c1C. The van der Waals surface area contributed by atoms with Gasteiger partial charge in [-0.15, -0.1) is 11.3 Å². The van der Waals surface area contributed by atoms with Gasteiger partial charge < -0.3 is 15.7 Å². The van der Waals surface area contributed by atoms with E-state index in [1.165, 1.54) is 11.3 Å². The molecule has 2 amide bonds. The molecule has 0 aliphatic rings. The van der Waals surface area contributed by atoms with E-state index < -0.39 is 5.97 Å². The smallest absolute Gasteiger partial charge is 0.303 e. The fourth-order valence-electron chi connectivity index (χ4n) is 2.07. The molecule has 1 heterocycles. The summed E-state index contributed by atoms with van der Waals surface area (Å²) in [4.78, 5) is 35.7. The summed E-state index contributed by atoms with van der Waals surface area (Å²) in [5.41, 5.74) is 1.31. The summed E-state index contributed by atoms with van der Waals surface area (Å²) in [6, 6.07) is 0. The van der Waals surface area contributed by atoms with Crippen molar-refractivity contribution in [1.29, 1.82) is 0 Å². The second kappa shape index (κ2) is 8.67. The second-order valence-electron chi connectivity index (χ2n) is 5.89. The largest absolute Gasteiger partial charge is 0.481 e. The van der Waals surface area contributed by atoms with E-state index in [0.29, 0.717) is 30.0 Å². The standard InChI is InChI=1S/C16H24N2O4S/c1-9(2)8-12(19)18-16-14(10(3)11(4)23-16)15(22)17-7-5-6-13(20)21/h9H,5-8H2,1-4H3,(H,17,22)(H,18,19)(H,20,21). The van der Waals surface area contributed by atoms with Gasteiger partial charge in [-0.2, -0.15) is 0 Å². The number of thiophene rings is 1. The van der Waals surface area contributed by atoms with Crippen molar-refractivity contribution in [3.63, 3.8) is 0 Å². The molecule has 1 aromatic heterocycles. The van der Waals surface area contributed by atoms with Crippen molar-refractivity contribution in [2.75, 3.05) is 11.9 Å². The molecule has 0 bridgehead atoms. The summed E-state index contributed by atoms with van der Waals surface area (Å²) < 4.78 is 0. The van der Waals surface area contributed by atoms with Crippen LogP contribution in [0.25, 0.3) is 0 Å². The lowest BCUT2D eigenvalue weighted by Gasteiger charge is -2.09. The summed E-state index contributed by atoms with van der Waals surface area (Å²) in [5, 5.41) is 14.7. The third kappa shape index (κ3) is 6.02. The van der Waals surface area contributed by atoms with Gasteiger partial charge in [0, 0.05) is 24.3 Å². The minimum absolute atomic E-state index is 0.0138. The Balaban J connectivity index is 2.78. The van der Waals surface area contributed by atoms with Crippen LogP contribution in [0.4, 0.5) is 5.00 Å². The Hall–Kier alpha value is -1.89.